The second kappa shape index (κ2) is 15.4. The van der Waals surface area contributed by atoms with E-state index in [2.05, 4.69) is 82.5 Å². The fourth-order valence-corrected chi connectivity index (χ4v) is 7.50. The van der Waals surface area contributed by atoms with Gasteiger partial charge in [0.1, 0.15) is 5.82 Å². The van der Waals surface area contributed by atoms with Gasteiger partial charge >= 0.3 is 5.69 Å². The average molecular weight is 683 g/mol. The van der Waals surface area contributed by atoms with Gasteiger partial charge in [-0.1, -0.05) is 78.4 Å². The number of likely N-dealkylation sites (tertiary alicyclic amines) is 2. The Morgan fingerprint density at radius 1 is 0.745 bits per heavy atom. The molecule has 0 unspecified atom stereocenters. The van der Waals surface area contributed by atoms with E-state index in [9.17, 15) is 18.8 Å². The van der Waals surface area contributed by atoms with E-state index in [-0.39, 0.29) is 23.1 Å². The molecule has 2 fully saturated rings. The van der Waals surface area contributed by atoms with Gasteiger partial charge in [0.2, 0.25) is 0 Å². The molecule has 0 spiro atoms. The molecule has 1 aliphatic carbocycles. The first kappa shape index (κ1) is 34.3. The Hall–Kier alpha value is -5.18. The fraction of sp³-hybridized carbons (Fsp3) is 0.279. The van der Waals surface area contributed by atoms with Gasteiger partial charge in [-0.25, -0.2) is 9.18 Å². The highest BCUT2D eigenvalue weighted by molar-refractivity contribution is 5.98. The summed E-state index contributed by atoms with van der Waals surface area (Å²) in [7, 11) is 2.22. The minimum Gasteiger partial charge on any atom is -0.307 e. The summed E-state index contributed by atoms with van der Waals surface area (Å²) in [6.45, 7) is 4.64. The Bertz CT molecular complexity index is 2160. The number of piperidine rings is 2. The number of hydrogen-bond donors (Lipinski definition) is 1. The molecule has 2 saturated heterocycles. The molecule has 260 valence electrons. The van der Waals surface area contributed by atoms with E-state index in [1.54, 1.807) is 29.8 Å². The van der Waals surface area contributed by atoms with Gasteiger partial charge in [0.25, 0.3) is 5.56 Å². The molecule has 8 heteroatoms. The molecule has 3 heterocycles. The van der Waals surface area contributed by atoms with Crippen LogP contribution in [0.5, 0.6) is 0 Å². The maximum Gasteiger partial charge on any atom is 0.328 e. The van der Waals surface area contributed by atoms with Crippen LogP contribution in [0.1, 0.15) is 58.3 Å². The third-order valence-electron chi connectivity index (χ3n) is 10.5. The van der Waals surface area contributed by atoms with Gasteiger partial charge in [0, 0.05) is 37.7 Å². The van der Waals surface area contributed by atoms with Crippen molar-refractivity contribution in [2.24, 2.45) is 5.92 Å². The standard InChI is InChI=1S/C22H22FN3O3.C21H21N/c23-17-7-5-15(6-8-17)20(27)16-9-11-25(12-10-16)13-14-26-21(28)18-3-1-2-4-19(18)24-22(26)29;1-22-14-12-18(13-15-22)21-19-8-4-2-6-16(19)10-11-17-7-3-5-9-20(17)21/h1-8,16H,9-14H2,(H,24,29);2-11H,12-15H2,1H3. The van der Waals surface area contributed by atoms with Crippen LogP contribution in [0.25, 0.3) is 28.6 Å². The number of benzene rings is 4. The van der Waals surface area contributed by atoms with Gasteiger partial charge in [-0.15, -0.1) is 0 Å². The molecule has 1 N–H and O–H groups in total. The quantitative estimate of drug-likeness (QED) is 0.196. The number of halogens is 1. The molecule has 7 nitrogen and oxygen atoms in total. The van der Waals surface area contributed by atoms with Gasteiger partial charge in [-0.05, 0) is 110 Å². The van der Waals surface area contributed by atoms with Gasteiger partial charge in [0.15, 0.2) is 5.78 Å². The number of ketones is 1. The van der Waals surface area contributed by atoms with Gasteiger partial charge in [-0.2, -0.15) is 0 Å². The molecule has 8 rings (SSSR count). The number of hydrogen-bond acceptors (Lipinski definition) is 5. The second-order valence-electron chi connectivity index (χ2n) is 13.7. The summed E-state index contributed by atoms with van der Waals surface area (Å²) in [6.07, 6.45) is 8.29. The Kier molecular flexibility index (Phi) is 10.3. The maximum atomic E-state index is 13.0. The topological polar surface area (TPSA) is 78.4 Å². The summed E-state index contributed by atoms with van der Waals surface area (Å²) in [5.74, 6) is -0.384. The lowest BCUT2D eigenvalue weighted by atomic mass is 9.86. The van der Waals surface area contributed by atoms with Crippen molar-refractivity contribution in [1.82, 2.24) is 19.4 Å². The van der Waals surface area contributed by atoms with Gasteiger partial charge in [0.05, 0.1) is 10.9 Å². The number of rotatable bonds is 5. The Morgan fingerprint density at radius 2 is 1.33 bits per heavy atom. The van der Waals surface area contributed by atoms with E-state index in [4.69, 9.17) is 0 Å². The van der Waals surface area contributed by atoms with Crippen molar-refractivity contribution in [2.75, 3.05) is 39.8 Å². The minimum absolute atomic E-state index is 0.0480. The van der Waals surface area contributed by atoms with Crippen LogP contribution in [-0.4, -0.2) is 64.9 Å². The van der Waals surface area contributed by atoms with Crippen LogP contribution in [-0.2, 0) is 6.54 Å². The smallest absolute Gasteiger partial charge is 0.307 e. The van der Waals surface area contributed by atoms with Crippen LogP contribution in [0.2, 0.25) is 0 Å². The number of H-pyrrole nitrogens is 1. The van der Waals surface area contributed by atoms with Crippen molar-refractivity contribution in [3.8, 4) is 0 Å². The minimum atomic E-state index is -0.407. The van der Waals surface area contributed by atoms with Crippen LogP contribution in [0.15, 0.2) is 112 Å². The summed E-state index contributed by atoms with van der Waals surface area (Å²) in [6, 6.07) is 30.3. The SMILES string of the molecule is CN1CCC(=C2c3ccccc3C=Cc3ccccc32)CC1.O=C(c1ccc(F)cc1)C1CCN(CCn2c(=O)[nH]c3ccccc3c2=O)CC1. The molecule has 0 atom stereocenters. The molecule has 0 bridgehead atoms. The molecule has 0 saturated carbocycles. The molecular weight excluding hydrogens is 639 g/mol. The van der Waals surface area contributed by atoms with Crippen LogP contribution in [0.3, 0.4) is 0 Å². The Morgan fingerprint density at radius 3 is 1.98 bits per heavy atom. The van der Waals surface area contributed by atoms with Crippen molar-refractivity contribution in [3.63, 3.8) is 0 Å². The molecule has 51 heavy (non-hydrogen) atoms. The molecule has 5 aromatic rings. The molecule has 1 aromatic heterocycles. The molecule has 0 amide bonds. The number of nitrogens with zero attached hydrogens (tertiary/aromatic N) is 3. The number of carbonyl (C=O) groups is 1. The first-order valence-electron chi connectivity index (χ1n) is 17.9. The lowest BCUT2D eigenvalue weighted by Gasteiger charge is -2.31. The lowest BCUT2D eigenvalue weighted by molar-refractivity contribution is 0.0837. The van der Waals surface area contributed by atoms with Crippen LogP contribution >= 0.6 is 0 Å². The van der Waals surface area contributed by atoms with Crippen LogP contribution in [0.4, 0.5) is 4.39 Å². The zero-order chi connectivity index (χ0) is 35.3. The first-order valence-corrected chi connectivity index (χ1v) is 17.9. The number of para-hydroxylation sites is 1. The van der Waals surface area contributed by atoms with Crippen molar-refractivity contribution >= 4 is 34.4 Å². The third-order valence-corrected chi connectivity index (χ3v) is 10.5. The van der Waals surface area contributed by atoms with Gasteiger partial charge in [-0.3, -0.25) is 14.2 Å². The van der Waals surface area contributed by atoms with E-state index in [1.165, 1.54) is 69.5 Å². The molecule has 2 aliphatic heterocycles. The predicted molar refractivity (Wildman–Crippen MR) is 203 cm³/mol. The molecular formula is C43H43FN4O3. The van der Waals surface area contributed by atoms with Crippen molar-refractivity contribution < 1.29 is 9.18 Å². The summed E-state index contributed by atoms with van der Waals surface area (Å²) in [5, 5.41) is 0.496. The summed E-state index contributed by atoms with van der Waals surface area (Å²) in [5.41, 5.74) is 8.93. The number of carbonyl (C=O) groups excluding carboxylic acids is 1. The number of Topliss-reactive ketones (excluding diaryl/α,β-unsaturated/α-hetero) is 1. The van der Waals surface area contributed by atoms with E-state index in [1.807, 2.05) is 0 Å². The van der Waals surface area contributed by atoms with Crippen molar-refractivity contribution in [1.29, 1.82) is 0 Å². The number of fused-ring (bicyclic) bond motifs is 3. The summed E-state index contributed by atoms with van der Waals surface area (Å²) < 4.78 is 14.3. The number of nitrogens with one attached hydrogen (secondary N) is 1. The highest BCUT2D eigenvalue weighted by atomic mass is 19.1. The summed E-state index contributed by atoms with van der Waals surface area (Å²) >= 11 is 0. The Balaban J connectivity index is 0.000000165. The van der Waals surface area contributed by atoms with Crippen LogP contribution in [0, 0.1) is 11.7 Å². The monoisotopic (exact) mass is 682 g/mol. The highest BCUT2D eigenvalue weighted by Crippen LogP contribution is 2.38. The fourth-order valence-electron chi connectivity index (χ4n) is 7.50. The van der Waals surface area contributed by atoms with E-state index in [0.29, 0.717) is 42.4 Å². The zero-order valence-corrected chi connectivity index (χ0v) is 29.0. The van der Waals surface area contributed by atoms with E-state index in [0.717, 1.165) is 26.2 Å². The zero-order valence-electron chi connectivity index (χ0n) is 29.0. The normalized spacial score (nSPS) is 16.6. The molecule has 0 radical (unpaired) electrons. The van der Waals surface area contributed by atoms with E-state index >= 15 is 0 Å². The molecule has 3 aliphatic rings. The third kappa shape index (κ3) is 7.62. The average Bonchev–Trinajstić information content (AvgIpc) is 3.33. The lowest BCUT2D eigenvalue weighted by Crippen LogP contribution is -2.42. The van der Waals surface area contributed by atoms with E-state index < -0.39 is 5.69 Å². The first-order chi connectivity index (χ1) is 24.9. The molecule has 4 aromatic carbocycles. The van der Waals surface area contributed by atoms with Gasteiger partial charge < -0.3 is 14.8 Å². The van der Waals surface area contributed by atoms with Crippen LogP contribution < -0.4 is 11.2 Å². The Labute approximate surface area is 297 Å². The maximum absolute atomic E-state index is 13.0. The van der Waals surface area contributed by atoms with Crippen molar-refractivity contribution in [2.45, 2.75) is 32.2 Å². The van der Waals surface area contributed by atoms with Crippen molar-refractivity contribution in [3.05, 3.63) is 157 Å². The largest absolute Gasteiger partial charge is 0.328 e. The second-order valence-corrected chi connectivity index (χ2v) is 13.7. The highest BCUT2D eigenvalue weighted by Gasteiger charge is 2.26. The number of aromatic nitrogens is 2. The predicted octanol–water partition coefficient (Wildman–Crippen LogP) is 7.12. The number of aromatic amines is 1. The summed E-state index contributed by atoms with van der Waals surface area (Å²) in [4.78, 5) is 44.8.